The fraction of sp³-hybridized carbons (Fsp3) is 0.818. The molecule has 4 nitrogen and oxygen atoms in total. The molecule has 2 aliphatic heterocycles. The first kappa shape index (κ1) is 10.4. The van der Waals surface area contributed by atoms with Gasteiger partial charge in [0.2, 0.25) is 5.91 Å². The van der Waals surface area contributed by atoms with E-state index in [1.165, 1.54) is 4.90 Å². The molecule has 0 N–H and O–H groups in total. The Labute approximate surface area is 99.3 Å². The minimum absolute atomic E-state index is 0.0220. The van der Waals surface area contributed by atoms with Gasteiger partial charge in [-0.25, -0.2) is 4.79 Å². The topological polar surface area (TPSA) is 40.6 Å². The molecule has 2 saturated heterocycles. The number of hydrogen-bond acceptors (Lipinski definition) is 3. The Kier molecular flexibility index (Phi) is 2.58. The highest BCUT2D eigenvalue weighted by atomic mass is 32.2. The third-order valence-corrected chi connectivity index (χ3v) is 4.89. The zero-order valence-electron chi connectivity index (χ0n) is 9.22. The zero-order chi connectivity index (χ0) is 11.1. The lowest BCUT2D eigenvalue weighted by Gasteiger charge is -2.46. The van der Waals surface area contributed by atoms with E-state index >= 15 is 0 Å². The molecule has 16 heavy (non-hydrogen) atoms. The van der Waals surface area contributed by atoms with Crippen molar-refractivity contribution in [2.75, 3.05) is 18.1 Å². The van der Waals surface area contributed by atoms with E-state index in [1.54, 1.807) is 0 Å². The van der Waals surface area contributed by atoms with E-state index in [9.17, 15) is 9.59 Å². The third-order valence-electron chi connectivity index (χ3n) is 3.80. The highest BCUT2D eigenvalue weighted by Crippen LogP contribution is 2.32. The Bertz CT molecular complexity index is 330. The molecule has 3 fully saturated rings. The molecule has 0 bridgehead atoms. The minimum atomic E-state index is -0.0220. The van der Waals surface area contributed by atoms with Gasteiger partial charge in [0, 0.05) is 30.5 Å². The number of nitrogens with zero attached hydrogens (tertiary/aromatic N) is 2. The van der Waals surface area contributed by atoms with Gasteiger partial charge in [0.15, 0.2) is 0 Å². The number of hydrogen-bond donors (Lipinski definition) is 0. The van der Waals surface area contributed by atoms with Gasteiger partial charge in [-0.2, -0.15) is 11.8 Å². The first-order valence-corrected chi connectivity index (χ1v) is 7.13. The highest BCUT2D eigenvalue weighted by molar-refractivity contribution is 7.99. The molecule has 0 aromatic rings. The van der Waals surface area contributed by atoms with Gasteiger partial charge in [0.1, 0.15) is 0 Å². The largest absolute Gasteiger partial charge is 0.327 e. The molecule has 3 amide bonds. The molecule has 0 aromatic carbocycles. The molecule has 0 aromatic heterocycles. The van der Waals surface area contributed by atoms with Crippen molar-refractivity contribution in [3.8, 4) is 0 Å². The first-order chi connectivity index (χ1) is 7.77. The number of amides is 3. The molecule has 3 aliphatic rings. The van der Waals surface area contributed by atoms with Crippen LogP contribution in [0.5, 0.6) is 0 Å². The molecule has 1 unspecified atom stereocenters. The Morgan fingerprint density at radius 3 is 2.69 bits per heavy atom. The van der Waals surface area contributed by atoms with Crippen LogP contribution in [0.25, 0.3) is 0 Å². The normalized spacial score (nSPS) is 31.4. The maximum atomic E-state index is 12.2. The second-order valence-electron chi connectivity index (χ2n) is 4.76. The number of urea groups is 1. The highest BCUT2D eigenvalue weighted by Gasteiger charge is 2.44. The molecule has 1 saturated carbocycles. The fourth-order valence-corrected chi connectivity index (χ4v) is 3.69. The standard InChI is InChI=1S/C11H16N2O2S/c14-10-6-9-7-16-5-4-12(9)11(15)13(10)8-2-1-3-8/h8-9H,1-7H2. The molecular formula is C11H16N2O2S. The van der Waals surface area contributed by atoms with Gasteiger partial charge in [-0.05, 0) is 19.3 Å². The smallest absolute Gasteiger partial charge is 0.319 e. The van der Waals surface area contributed by atoms with Crippen molar-refractivity contribution in [2.24, 2.45) is 0 Å². The predicted molar refractivity (Wildman–Crippen MR) is 62.3 cm³/mol. The van der Waals surface area contributed by atoms with Crippen molar-refractivity contribution in [2.45, 2.75) is 37.8 Å². The summed E-state index contributed by atoms with van der Waals surface area (Å²) in [4.78, 5) is 27.6. The third kappa shape index (κ3) is 1.52. The van der Waals surface area contributed by atoms with Crippen LogP contribution in [0.3, 0.4) is 0 Å². The van der Waals surface area contributed by atoms with Crippen LogP contribution in [-0.2, 0) is 4.79 Å². The van der Waals surface area contributed by atoms with Gasteiger partial charge in [-0.1, -0.05) is 0 Å². The number of rotatable bonds is 1. The van der Waals surface area contributed by atoms with Crippen molar-refractivity contribution in [3.63, 3.8) is 0 Å². The Balaban J connectivity index is 1.79. The average Bonchev–Trinajstić information content (AvgIpc) is 2.21. The summed E-state index contributed by atoms with van der Waals surface area (Å²) < 4.78 is 0. The molecule has 2 heterocycles. The van der Waals surface area contributed by atoms with Gasteiger partial charge < -0.3 is 4.90 Å². The molecule has 0 spiro atoms. The second kappa shape index (κ2) is 3.95. The van der Waals surface area contributed by atoms with Gasteiger partial charge >= 0.3 is 6.03 Å². The van der Waals surface area contributed by atoms with Crippen LogP contribution in [-0.4, -0.2) is 51.9 Å². The summed E-state index contributed by atoms with van der Waals surface area (Å²) in [6.45, 7) is 0.810. The molecule has 3 rings (SSSR count). The first-order valence-electron chi connectivity index (χ1n) is 5.98. The van der Waals surface area contributed by atoms with E-state index < -0.39 is 0 Å². The zero-order valence-corrected chi connectivity index (χ0v) is 10.0. The van der Waals surface area contributed by atoms with E-state index in [4.69, 9.17) is 0 Å². The molecule has 88 valence electrons. The van der Waals surface area contributed by atoms with Gasteiger partial charge in [0.25, 0.3) is 0 Å². The number of carbonyl (C=O) groups is 2. The molecule has 1 atom stereocenters. The van der Waals surface area contributed by atoms with Crippen LogP contribution in [0, 0.1) is 0 Å². The number of imide groups is 1. The van der Waals surface area contributed by atoms with Crippen molar-refractivity contribution >= 4 is 23.7 Å². The van der Waals surface area contributed by atoms with Gasteiger partial charge in [-0.15, -0.1) is 0 Å². The number of thioether (sulfide) groups is 1. The summed E-state index contributed by atoms with van der Waals surface area (Å²) in [7, 11) is 0. The Hall–Kier alpha value is -0.710. The van der Waals surface area contributed by atoms with E-state index in [0.29, 0.717) is 6.42 Å². The summed E-state index contributed by atoms with van der Waals surface area (Å²) in [6, 6.07) is 0.344. The maximum Gasteiger partial charge on any atom is 0.327 e. The van der Waals surface area contributed by atoms with E-state index in [-0.39, 0.29) is 24.0 Å². The van der Waals surface area contributed by atoms with Crippen molar-refractivity contribution in [1.82, 2.24) is 9.80 Å². The van der Waals surface area contributed by atoms with Crippen LogP contribution in [0.15, 0.2) is 0 Å². The van der Waals surface area contributed by atoms with E-state index in [1.807, 2.05) is 16.7 Å². The Morgan fingerprint density at radius 1 is 1.19 bits per heavy atom. The van der Waals surface area contributed by atoms with Crippen molar-refractivity contribution < 1.29 is 9.59 Å². The second-order valence-corrected chi connectivity index (χ2v) is 5.91. The fourth-order valence-electron chi connectivity index (χ4n) is 2.63. The van der Waals surface area contributed by atoms with Gasteiger partial charge in [0.05, 0.1) is 6.04 Å². The van der Waals surface area contributed by atoms with Crippen LogP contribution < -0.4 is 0 Å². The number of fused-ring (bicyclic) bond motifs is 1. The molecule has 0 radical (unpaired) electrons. The van der Waals surface area contributed by atoms with Crippen LogP contribution in [0.2, 0.25) is 0 Å². The summed E-state index contributed by atoms with van der Waals surface area (Å²) in [5, 5.41) is 0. The average molecular weight is 240 g/mol. The summed E-state index contributed by atoms with van der Waals surface area (Å²) in [6.07, 6.45) is 3.70. The SMILES string of the molecule is O=C1CC2CSCCN2C(=O)N1C1CCC1. The number of carbonyl (C=O) groups excluding carboxylic acids is 2. The van der Waals surface area contributed by atoms with Crippen molar-refractivity contribution in [3.05, 3.63) is 0 Å². The van der Waals surface area contributed by atoms with Crippen LogP contribution in [0.1, 0.15) is 25.7 Å². The van der Waals surface area contributed by atoms with E-state index in [0.717, 1.165) is 37.3 Å². The monoisotopic (exact) mass is 240 g/mol. The van der Waals surface area contributed by atoms with Crippen LogP contribution in [0.4, 0.5) is 4.79 Å². The Morgan fingerprint density at radius 2 is 2.00 bits per heavy atom. The summed E-state index contributed by atoms with van der Waals surface area (Å²) >= 11 is 1.85. The quantitative estimate of drug-likeness (QED) is 0.694. The van der Waals surface area contributed by atoms with Gasteiger partial charge in [-0.3, -0.25) is 9.69 Å². The lowest BCUT2D eigenvalue weighted by atomic mass is 9.90. The molecular weight excluding hydrogens is 224 g/mol. The molecule has 5 heteroatoms. The van der Waals surface area contributed by atoms with Crippen LogP contribution >= 0.6 is 11.8 Å². The minimum Gasteiger partial charge on any atom is -0.319 e. The maximum absolute atomic E-state index is 12.2. The summed E-state index contributed by atoms with van der Waals surface area (Å²) in [5.41, 5.74) is 0. The van der Waals surface area contributed by atoms with E-state index in [2.05, 4.69) is 0 Å². The summed E-state index contributed by atoms with van der Waals surface area (Å²) in [5.74, 6) is 1.99. The molecule has 1 aliphatic carbocycles. The lowest BCUT2D eigenvalue weighted by Crippen LogP contribution is -2.63. The lowest BCUT2D eigenvalue weighted by molar-refractivity contribution is -0.136. The van der Waals surface area contributed by atoms with Crippen molar-refractivity contribution in [1.29, 1.82) is 0 Å². The predicted octanol–water partition coefficient (Wildman–Crippen LogP) is 1.31.